The average molecular weight is 437 g/mol. The molecule has 3 rings (SSSR count). The molecule has 0 unspecified atom stereocenters. The van der Waals surface area contributed by atoms with E-state index in [9.17, 15) is 4.79 Å². The number of hydrogen-bond acceptors (Lipinski definition) is 5. The number of nitrogens with zero attached hydrogens (tertiary/aromatic N) is 1. The van der Waals surface area contributed by atoms with E-state index in [1.807, 2.05) is 12.1 Å². The molecule has 8 heteroatoms. The number of methoxy groups -OCH3 is 2. The molecule has 0 spiro atoms. The van der Waals surface area contributed by atoms with Crippen molar-refractivity contribution >= 4 is 45.6 Å². The molecule has 1 amide bonds. The first-order chi connectivity index (χ1) is 13.5. The van der Waals surface area contributed by atoms with Crippen molar-refractivity contribution in [2.45, 2.75) is 12.8 Å². The van der Waals surface area contributed by atoms with Crippen molar-refractivity contribution in [3.8, 4) is 11.5 Å². The second-order valence-electron chi connectivity index (χ2n) is 5.96. The van der Waals surface area contributed by atoms with Gasteiger partial charge in [-0.15, -0.1) is 11.3 Å². The van der Waals surface area contributed by atoms with E-state index in [0.717, 1.165) is 16.0 Å². The largest absolute Gasteiger partial charge is 0.493 e. The third kappa shape index (κ3) is 5.16. The summed E-state index contributed by atoms with van der Waals surface area (Å²) < 4.78 is 10.5. The van der Waals surface area contributed by atoms with Crippen molar-refractivity contribution in [3.05, 3.63) is 68.6 Å². The molecular weight excluding hydrogens is 419 g/mol. The zero-order valence-corrected chi connectivity index (χ0v) is 17.6. The smallest absolute Gasteiger partial charge is 0.230 e. The number of carbonyl (C=O) groups is 1. The van der Waals surface area contributed by atoms with Crippen LogP contribution in [0, 0.1) is 0 Å². The van der Waals surface area contributed by atoms with Crippen molar-refractivity contribution in [2.75, 3.05) is 19.5 Å². The fourth-order valence-corrected chi connectivity index (χ4v) is 3.88. The molecule has 0 radical (unpaired) electrons. The number of carbonyl (C=O) groups excluding carboxylic acids is 1. The summed E-state index contributed by atoms with van der Waals surface area (Å²) in [5.41, 5.74) is 1.73. The first-order valence-electron chi connectivity index (χ1n) is 8.38. The van der Waals surface area contributed by atoms with Gasteiger partial charge in [0.25, 0.3) is 0 Å². The summed E-state index contributed by atoms with van der Waals surface area (Å²) in [6.07, 6.45) is 2.53. The molecule has 3 aromatic rings. The summed E-state index contributed by atoms with van der Waals surface area (Å²) in [6, 6.07) is 10.7. The van der Waals surface area contributed by atoms with Gasteiger partial charge in [0.05, 0.1) is 20.6 Å². The number of thiazole rings is 1. The SMILES string of the molecule is COc1ccc(CC(=O)Nc2ncc(Cc3cc(Cl)ccc3Cl)s2)cc1OC. The number of nitrogens with one attached hydrogen (secondary N) is 1. The molecule has 146 valence electrons. The van der Waals surface area contributed by atoms with Crippen LogP contribution in [-0.4, -0.2) is 25.1 Å². The lowest BCUT2D eigenvalue weighted by Crippen LogP contribution is -2.14. The quantitative estimate of drug-likeness (QED) is 0.549. The molecule has 0 aliphatic rings. The van der Waals surface area contributed by atoms with Gasteiger partial charge in [-0.05, 0) is 41.5 Å². The number of hydrogen-bond donors (Lipinski definition) is 1. The van der Waals surface area contributed by atoms with Crippen LogP contribution < -0.4 is 14.8 Å². The molecule has 0 saturated heterocycles. The van der Waals surface area contributed by atoms with E-state index in [4.69, 9.17) is 32.7 Å². The summed E-state index contributed by atoms with van der Waals surface area (Å²) in [5.74, 6) is 1.05. The van der Waals surface area contributed by atoms with Gasteiger partial charge >= 0.3 is 0 Å². The summed E-state index contributed by atoms with van der Waals surface area (Å²) in [4.78, 5) is 17.6. The maximum atomic E-state index is 12.3. The Labute approximate surface area is 177 Å². The molecule has 0 saturated carbocycles. The van der Waals surface area contributed by atoms with Gasteiger partial charge in [-0.2, -0.15) is 0 Å². The number of benzene rings is 2. The lowest BCUT2D eigenvalue weighted by Gasteiger charge is -2.09. The predicted octanol–water partition coefficient (Wildman–Crippen LogP) is 5.24. The molecule has 0 aliphatic heterocycles. The summed E-state index contributed by atoms with van der Waals surface area (Å²) >= 11 is 13.6. The van der Waals surface area contributed by atoms with E-state index >= 15 is 0 Å². The highest BCUT2D eigenvalue weighted by Gasteiger charge is 2.12. The van der Waals surface area contributed by atoms with Gasteiger partial charge in [-0.25, -0.2) is 4.98 Å². The number of aromatic nitrogens is 1. The van der Waals surface area contributed by atoms with Crippen molar-refractivity contribution in [2.24, 2.45) is 0 Å². The molecule has 0 aliphatic carbocycles. The number of rotatable bonds is 7. The van der Waals surface area contributed by atoms with Gasteiger partial charge in [-0.1, -0.05) is 29.3 Å². The van der Waals surface area contributed by atoms with Crippen molar-refractivity contribution in [1.29, 1.82) is 0 Å². The molecule has 0 atom stereocenters. The highest BCUT2D eigenvalue weighted by molar-refractivity contribution is 7.15. The predicted molar refractivity (Wildman–Crippen MR) is 113 cm³/mol. The monoisotopic (exact) mass is 436 g/mol. The zero-order valence-electron chi connectivity index (χ0n) is 15.3. The van der Waals surface area contributed by atoms with E-state index in [2.05, 4.69) is 10.3 Å². The minimum Gasteiger partial charge on any atom is -0.493 e. The van der Waals surface area contributed by atoms with Crippen LogP contribution in [-0.2, 0) is 17.6 Å². The summed E-state index contributed by atoms with van der Waals surface area (Å²) in [7, 11) is 3.13. The van der Waals surface area contributed by atoms with Crippen molar-refractivity contribution in [3.63, 3.8) is 0 Å². The van der Waals surface area contributed by atoms with E-state index in [-0.39, 0.29) is 12.3 Å². The Hall–Kier alpha value is -2.28. The number of amides is 1. The Morgan fingerprint density at radius 2 is 1.89 bits per heavy atom. The Balaban J connectivity index is 1.63. The Morgan fingerprint density at radius 3 is 2.64 bits per heavy atom. The molecular formula is C20H18Cl2N2O3S. The molecule has 2 aromatic carbocycles. The maximum Gasteiger partial charge on any atom is 0.230 e. The molecule has 1 aromatic heterocycles. The van der Waals surface area contributed by atoms with E-state index in [1.165, 1.54) is 11.3 Å². The highest BCUT2D eigenvalue weighted by atomic mass is 35.5. The first-order valence-corrected chi connectivity index (χ1v) is 9.95. The van der Waals surface area contributed by atoms with E-state index < -0.39 is 0 Å². The van der Waals surface area contributed by atoms with Crippen molar-refractivity contribution < 1.29 is 14.3 Å². The number of anilines is 1. The van der Waals surface area contributed by atoms with Crippen LogP contribution in [0.5, 0.6) is 11.5 Å². The normalized spacial score (nSPS) is 10.6. The molecule has 0 bridgehead atoms. The maximum absolute atomic E-state index is 12.3. The second kappa shape index (κ2) is 9.28. The van der Waals surface area contributed by atoms with Gasteiger partial charge in [0.15, 0.2) is 16.6 Å². The standard InChI is InChI=1S/C20H18Cl2N2O3S/c1-26-17-6-3-12(7-18(17)27-2)8-19(25)24-20-23-11-15(28-20)10-13-9-14(21)4-5-16(13)22/h3-7,9,11H,8,10H2,1-2H3,(H,23,24,25). The summed E-state index contributed by atoms with van der Waals surface area (Å²) in [5, 5.41) is 4.65. The van der Waals surface area contributed by atoms with Gasteiger partial charge in [-0.3, -0.25) is 4.79 Å². The lowest BCUT2D eigenvalue weighted by atomic mass is 10.1. The molecule has 1 N–H and O–H groups in total. The first kappa shape index (κ1) is 20.5. The highest BCUT2D eigenvalue weighted by Crippen LogP contribution is 2.29. The molecule has 5 nitrogen and oxygen atoms in total. The third-order valence-corrected chi connectivity index (χ3v) is 5.50. The Bertz CT molecular complexity index is 991. The van der Waals surface area contributed by atoms with Gasteiger partial charge in [0.2, 0.25) is 5.91 Å². The van der Waals surface area contributed by atoms with Crippen LogP contribution in [0.15, 0.2) is 42.6 Å². The van der Waals surface area contributed by atoms with Gasteiger partial charge < -0.3 is 14.8 Å². The third-order valence-electron chi connectivity index (χ3n) is 3.98. The fourth-order valence-electron chi connectivity index (χ4n) is 2.65. The minimum absolute atomic E-state index is 0.158. The Morgan fingerprint density at radius 1 is 1.11 bits per heavy atom. The second-order valence-corrected chi connectivity index (χ2v) is 7.92. The fraction of sp³-hybridized carbons (Fsp3) is 0.200. The molecule has 0 fully saturated rings. The van der Waals surface area contributed by atoms with E-state index in [0.29, 0.717) is 33.1 Å². The Kier molecular flexibility index (Phi) is 6.78. The van der Waals surface area contributed by atoms with E-state index in [1.54, 1.807) is 44.7 Å². The van der Waals surface area contributed by atoms with Crippen LogP contribution in [0.4, 0.5) is 5.13 Å². The zero-order chi connectivity index (χ0) is 20.1. The van der Waals surface area contributed by atoms with Crippen LogP contribution in [0.1, 0.15) is 16.0 Å². The number of halogens is 2. The van der Waals surface area contributed by atoms with Gasteiger partial charge in [0.1, 0.15) is 0 Å². The van der Waals surface area contributed by atoms with Crippen molar-refractivity contribution in [1.82, 2.24) is 4.98 Å². The summed E-state index contributed by atoms with van der Waals surface area (Å²) in [6.45, 7) is 0. The van der Waals surface area contributed by atoms with Crippen LogP contribution in [0.25, 0.3) is 0 Å². The molecule has 28 heavy (non-hydrogen) atoms. The number of ether oxygens (including phenoxy) is 2. The lowest BCUT2D eigenvalue weighted by molar-refractivity contribution is -0.115. The van der Waals surface area contributed by atoms with Crippen LogP contribution >= 0.6 is 34.5 Å². The minimum atomic E-state index is -0.158. The van der Waals surface area contributed by atoms with Crippen LogP contribution in [0.3, 0.4) is 0 Å². The molecule has 1 heterocycles. The van der Waals surface area contributed by atoms with Gasteiger partial charge in [0, 0.05) is 27.5 Å². The average Bonchev–Trinajstić information content (AvgIpc) is 3.11. The van der Waals surface area contributed by atoms with Crippen LogP contribution in [0.2, 0.25) is 10.0 Å². The topological polar surface area (TPSA) is 60.5 Å².